The van der Waals surface area contributed by atoms with E-state index in [9.17, 15) is 14.9 Å². The average molecular weight is 141 g/mol. The van der Waals surface area contributed by atoms with Crippen LogP contribution in [0.15, 0.2) is 11.8 Å². The van der Waals surface area contributed by atoms with Gasteiger partial charge < -0.3 is 0 Å². The minimum Gasteiger partial charge on any atom is -0.295 e. The zero-order chi connectivity index (χ0) is 7.56. The van der Waals surface area contributed by atoms with Gasteiger partial charge in [-0.1, -0.05) is 0 Å². The molecule has 1 aliphatic carbocycles. The van der Waals surface area contributed by atoms with Gasteiger partial charge in [-0.3, -0.25) is 14.9 Å². The Kier molecular flexibility index (Phi) is 1.80. The maximum Gasteiger partial charge on any atom is 0.249 e. The summed E-state index contributed by atoms with van der Waals surface area (Å²) >= 11 is 0. The Morgan fingerprint density at radius 3 is 2.60 bits per heavy atom. The van der Waals surface area contributed by atoms with E-state index in [0.717, 1.165) is 6.08 Å². The number of allylic oxidation sites excluding steroid dienone is 2. The van der Waals surface area contributed by atoms with Gasteiger partial charge in [0, 0.05) is 12.8 Å². The SMILES string of the molecule is O=C1C=C([N+](=O)[O-])CCC1. The number of nitrogens with zero attached hydrogens (tertiary/aromatic N) is 1. The molecule has 1 aliphatic rings. The summed E-state index contributed by atoms with van der Waals surface area (Å²) in [5.41, 5.74) is 0.0521. The second-order valence-corrected chi connectivity index (χ2v) is 2.21. The molecular weight excluding hydrogens is 134 g/mol. The Morgan fingerprint density at radius 1 is 1.50 bits per heavy atom. The Hall–Kier alpha value is -1.19. The molecule has 0 N–H and O–H groups in total. The first kappa shape index (κ1) is 6.92. The predicted octanol–water partition coefficient (Wildman–Crippen LogP) is 0.900. The van der Waals surface area contributed by atoms with Crippen LogP contribution in [-0.4, -0.2) is 10.7 Å². The highest BCUT2D eigenvalue weighted by Crippen LogP contribution is 2.14. The fourth-order valence-electron chi connectivity index (χ4n) is 0.918. The van der Waals surface area contributed by atoms with E-state index in [4.69, 9.17) is 0 Å². The minimum atomic E-state index is -0.489. The molecule has 0 heterocycles. The molecule has 0 fully saturated rings. The van der Waals surface area contributed by atoms with E-state index in [2.05, 4.69) is 0 Å². The molecule has 0 aliphatic heterocycles. The number of carbonyl (C=O) groups is 1. The van der Waals surface area contributed by atoms with E-state index in [1.807, 2.05) is 0 Å². The minimum absolute atomic E-state index is 0.0521. The summed E-state index contributed by atoms with van der Waals surface area (Å²) in [6.45, 7) is 0. The molecular formula is C6H7NO3. The first-order chi connectivity index (χ1) is 4.70. The predicted molar refractivity (Wildman–Crippen MR) is 33.9 cm³/mol. The van der Waals surface area contributed by atoms with E-state index in [1.54, 1.807) is 0 Å². The molecule has 0 bridgehead atoms. The molecule has 0 spiro atoms. The van der Waals surface area contributed by atoms with Crippen LogP contribution in [-0.2, 0) is 4.79 Å². The van der Waals surface area contributed by atoms with Crippen LogP contribution in [0.2, 0.25) is 0 Å². The van der Waals surface area contributed by atoms with E-state index < -0.39 is 4.92 Å². The van der Waals surface area contributed by atoms with Crippen molar-refractivity contribution >= 4 is 5.78 Å². The lowest BCUT2D eigenvalue weighted by Gasteiger charge is -2.02. The maximum atomic E-state index is 10.6. The number of rotatable bonds is 1. The smallest absolute Gasteiger partial charge is 0.249 e. The molecule has 0 saturated heterocycles. The third-order valence-corrected chi connectivity index (χ3v) is 1.42. The van der Waals surface area contributed by atoms with E-state index >= 15 is 0 Å². The van der Waals surface area contributed by atoms with Crippen molar-refractivity contribution in [2.24, 2.45) is 0 Å². The van der Waals surface area contributed by atoms with Gasteiger partial charge in [-0.2, -0.15) is 0 Å². The van der Waals surface area contributed by atoms with Crippen molar-refractivity contribution in [1.82, 2.24) is 0 Å². The van der Waals surface area contributed by atoms with Gasteiger partial charge in [0.05, 0.1) is 11.0 Å². The van der Waals surface area contributed by atoms with Crippen LogP contribution in [0, 0.1) is 10.1 Å². The second kappa shape index (κ2) is 2.60. The third-order valence-electron chi connectivity index (χ3n) is 1.42. The van der Waals surface area contributed by atoms with E-state index in [-0.39, 0.29) is 11.5 Å². The van der Waals surface area contributed by atoms with E-state index in [0.29, 0.717) is 19.3 Å². The van der Waals surface area contributed by atoms with Gasteiger partial charge in [0.15, 0.2) is 5.78 Å². The first-order valence-electron chi connectivity index (χ1n) is 3.08. The normalized spacial score (nSPS) is 18.4. The van der Waals surface area contributed by atoms with Gasteiger partial charge in [-0.05, 0) is 6.42 Å². The Bertz CT molecular complexity index is 207. The number of carbonyl (C=O) groups excluding carboxylic acids is 1. The molecule has 0 saturated carbocycles. The van der Waals surface area contributed by atoms with Crippen LogP contribution in [0.25, 0.3) is 0 Å². The zero-order valence-corrected chi connectivity index (χ0v) is 5.37. The van der Waals surface area contributed by atoms with Gasteiger partial charge in [0.1, 0.15) is 0 Å². The van der Waals surface area contributed by atoms with Crippen molar-refractivity contribution in [2.45, 2.75) is 19.3 Å². The fraction of sp³-hybridized carbons (Fsp3) is 0.500. The van der Waals surface area contributed by atoms with Crippen molar-refractivity contribution in [3.05, 3.63) is 21.9 Å². The summed E-state index contributed by atoms with van der Waals surface area (Å²) in [7, 11) is 0. The first-order valence-corrected chi connectivity index (χ1v) is 3.08. The largest absolute Gasteiger partial charge is 0.295 e. The Balaban J connectivity index is 2.75. The highest BCUT2D eigenvalue weighted by Gasteiger charge is 2.17. The lowest BCUT2D eigenvalue weighted by atomic mass is 10.0. The van der Waals surface area contributed by atoms with Gasteiger partial charge in [-0.15, -0.1) is 0 Å². The third kappa shape index (κ3) is 1.40. The second-order valence-electron chi connectivity index (χ2n) is 2.21. The molecule has 0 atom stereocenters. The summed E-state index contributed by atoms with van der Waals surface area (Å²) in [6.07, 6.45) is 2.63. The lowest BCUT2D eigenvalue weighted by Crippen LogP contribution is -2.08. The Labute approximate surface area is 57.7 Å². The number of ketones is 1. The number of hydrogen-bond donors (Lipinski definition) is 0. The standard InChI is InChI=1S/C6H7NO3/c8-6-3-1-2-5(4-6)7(9)10/h4H,1-3H2. The average Bonchev–Trinajstić information content (AvgIpc) is 1.88. The van der Waals surface area contributed by atoms with Gasteiger partial charge in [0.2, 0.25) is 5.70 Å². The van der Waals surface area contributed by atoms with Crippen LogP contribution >= 0.6 is 0 Å². The monoisotopic (exact) mass is 141 g/mol. The quantitative estimate of drug-likeness (QED) is 0.402. The summed E-state index contributed by atoms with van der Waals surface area (Å²) in [5, 5.41) is 10.1. The van der Waals surface area contributed by atoms with Crippen molar-refractivity contribution < 1.29 is 9.72 Å². The topological polar surface area (TPSA) is 60.2 Å². The Morgan fingerprint density at radius 2 is 2.20 bits per heavy atom. The van der Waals surface area contributed by atoms with Crippen molar-refractivity contribution in [3.8, 4) is 0 Å². The van der Waals surface area contributed by atoms with Crippen molar-refractivity contribution in [3.63, 3.8) is 0 Å². The molecule has 0 unspecified atom stereocenters. The highest BCUT2D eigenvalue weighted by atomic mass is 16.6. The molecule has 4 heteroatoms. The van der Waals surface area contributed by atoms with Crippen molar-refractivity contribution in [1.29, 1.82) is 0 Å². The van der Waals surface area contributed by atoms with Crippen LogP contribution in [0.3, 0.4) is 0 Å². The molecule has 1 rings (SSSR count). The highest BCUT2D eigenvalue weighted by molar-refractivity contribution is 5.90. The summed E-state index contributed by atoms with van der Waals surface area (Å²) in [4.78, 5) is 20.2. The molecule has 0 aromatic rings. The number of nitro groups is 1. The summed E-state index contributed by atoms with van der Waals surface area (Å²) < 4.78 is 0. The van der Waals surface area contributed by atoms with Crippen LogP contribution < -0.4 is 0 Å². The molecule has 0 amide bonds. The summed E-state index contributed by atoms with van der Waals surface area (Å²) in [6, 6.07) is 0. The van der Waals surface area contributed by atoms with Gasteiger partial charge >= 0.3 is 0 Å². The van der Waals surface area contributed by atoms with Crippen LogP contribution in [0.5, 0.6) is 0 Å². The number of hydrogen-bond acceptors (Lipinski definition) is 3. The molecule has 0 aromatic heterocycles. The molecule has 4 nitrogen and oxygen atoms in total. The van der Waals surface area contributed by atoms with Gasteiger partial charge in [-0.25, -0.2) is 0 Å². The van der Waals surface area contributed by atoms with E-state index in [1.165, 1.54) is 0 Å². The zero-order valence-electron chi connectivity index (χ0n) is 5.37. The summed E-state index contributed by atoms with van der Waals surface area (Å²) in [5.74, 6) is -0.127. The molecule has 0 radical (unpaired) electrons. The fourth-order valence-corrected chi connectivity index (χ4v) is 0.918. The molecule has 10 heavy (non-hydrogen) atoms. The molecule has 54 valence electrons. The van der Waals surface area contributed by atoms with Gasteiger partial charge in [0.25, 0.3) is 0 Å². The maximum absolute atomic E-state index is 10.6. The lowest BCUT2D eigenvalue weighted by molar-refractivity contribution is -0.428. The van der Waals surface area contributed by atoms with Crippen LogP contribution in [0.4, 0.5) is 0 Å². The van der Waals surface area contributed by atoms with Crippen LogP contribution in [0.1, 0.15) is 19.3 Å². The molecule has 0 aromatic carbocycles. The van der Waals surface area contributed by atoms with Crippen molar-refractivity contribution in [2.75, 3.05) is 0 Å².